The van der Waals surface area contributed by atoms with E-state index >= 15 is 0 Å². The molecule has 1 aromatic carbocycles. The number of morpholine rings is 1. The van der Waals surface area contributed by atoms with Gasteiger partial charge in [-0.2, -0.15) is 0 Å². The third-order valence-corrected chi connectivity index (χ3v) is 4.23. The minimum Gasteiger partial charge on any atom is -0.444 e. The number of benzene rings is 1. The van der Waals surface area contributed by atoms with E-state index in [0.717, 1.165) is 39.3 Å². The molecule has 126 valence electrons. The molecule has 0 radical (unpaired) electrons. The lowest BCUT2D eigenvalue weighted by Crippen LogP contribution is -2.40. The summed E-state index contributed by atoms with van der Waals surface area (Å²) >= 11 is 0. The van der Waals surface area contributed by atoms with E-state index < -0.39 is 5.60 Å². The molecule has 2 heterocycles. The van der Waals surface area contributed by atoms with E-state index in [9.17, 15) is 4.79 Å². The van der Waals surface area contributed by atoms with E-state index in [0.29, 0.717) is 6.54 Å². The lowest BCUT2D eigenvalue weighted by molar-refractivity contribution is 0.0224. The van der Waals surface area contributed by atoms with Gasteiger partial charge in [0.2, 0.25) is 0 Å². The highest BCUT2D eigenvalue weighted by Crippen LogP contribution is 2.26. The third-order valence-electron chi connectivity index (χ3n) is 4.23. The molecule has 1 amide bonds. The maximum absolute atomic E-state index is 12.3. The summed E-state index contributed by atoms with van der Waals surface area (Å²) in [4.78, 5) is 16.4. The fraction of sp³-hybridized carbons (Fsp3) is 0.611. The number of hydrogen-bond donors (Lipinski definition) is 0. The van der Waals surface area contributed by atoms with E-state index in [1.54, 1.807) is 4.90 Å². The second kappa shape index (κ2) is 6.40. The Morgan fingerprint density at radius 2 is 1.87 bits per heavy atom. The fourth-order valence-corrected chi connectivity index (χ4v) is 3.04. The minimum atomic E-state index is -0.451. The molecule has 0 bridgehead atoms. The van der Waals surface area contributed by atoms with Crippen LogP contribution in [0.4, 0.5) is 10.5 Å². The van der Waals surface area contributed by atoms with Crippen molar-refractivity contribution >= 4 is 11.8 Å². The summed E-state index contributed by atoms with van der Waals surface area (Å²) in [5.41, 5.74) is 3.33. The number of rotatable bonds is 1. The molecule has 0 aromatic heterocycles. The van der Waals surface area contributed by atoms with Crippen LogP contribution < -0.4 is 4.90 Å². The smallest absolute Gasteiger partial charge is 0.410 e. The molecular weight excluding hydrogens is 292 g/mol. The van der Waals surface area contributed by atoms with E-state index in [1.807, 2.05) is 20.8 Å². The van der Waals surface area contributed by atoms with Crippen LogP contribution >= 0.6 is 0 Å². The molecule has 0 aliphatic carbocycles. The summed E-state index contributed by atoms with van der Waals surface area (Å²) in [5.74, 6) is 0. The van der Waals surface area contributed by atoms with Crippen LogP contribution in [0.1, 0.15) is 31.9 Å². The molecule has 3 rings (SSSR count). The predicted molar refractivity (Wildman–Crippen MR) is 89.8 cm³/mol. The first kappa shape index (κ1) is 16.1. The molecule has 0 saturated carbocycles. The zero-order valence-electron chi connectivity index (χ0n) is 14.3. The van der Waals surface area contributed by atoms with E-state index in [-0.39, 0.29) is 6.09 Å². The number of carbonyl (C=O) groups excluding carboxylic acids is 1. The van der Waals surface area contributed by atoms with Gasteiger partial charge in [-0.05, 0) is 50.5 Å². The highest BCUT2D eigenvalue weighted by molar-refractivity contribution is 5.69. The number of amides is 1. The van der Waals surface area contributed by atoms with Gasteiger partial charge in [0.25, 0.3) is 0 Å². The Bertz CT molecular complexity index is 574. The molecule has 1 saturated heterocycles. The van der Waals surface area contributed by atoms with Crippen LogP contribution in [0.5, 0.6) is 0 Å². The molecule has 23 heavy (non-hydrogen) atoms. The molecule has 2 aliphatic rings. The fourth-order valence-electron chi connectivity index (χ4n) is 3.04. The first-order valence-electron chi connectivity index (χ1n) is 8.35. The number of fused-ring (bicyclic) bond motifs is 1. The number of anilines is 1. The highest BCUT2D eigenvalue weighted by Gasteiger charge is 2.26. The summed E-state index contributed by atoms with van der Waals surface area (Å²) in [6.07, 6.45) is 0.665. The van der Waals surface area contributed by atoms with Crippen LogP contribution in [-0.4, -0.2) is 49.4 Å². The Balaban J connectivity index is 1.72. The average Bonchev–Trinajstić information content (AvgIpc) is 2.53. The van der Waals surface area contributed by atoms with Gasteiger partial charge < -0.3 is 19.3 Å². The molecule has 1 fully saturated rings. The van der Waals surface area contributed by atoms with Crippen molar-refractivity contribution in [3.05, 3.63) is 29.3 Å². The van der Waals surface area contributed by atoms with Crippen molar-refractivity contribution in [3.8, 4) is 0 Å². The quantitative estimate of drug-likeness (QED) is 0.798. The monoisotopic (exact) mass is 318 g/mol. The molecule has 0 N–H and O–H groups in total. The summed E-state index contributed by atoms with van der Waals surface area (Å²) in [6, 6.07) is 6.61. The van der Waals surface area contributed by atoms with Crippen molar-refractivity contribution < 1.29 is 14.3 Å². The van der Waals surface area contributed by atoms with Crippen LogP contribution in [0, 0.1) is 0 Å². The van der Waals surface area contributed by atoms with Gasteiger partial charge in [-0.3, -0.25) is 0 Å². The maximum Gasteiger partial charge on any atom is 0.410 e. The second-order valence-corrected chi connectivity index (χ2v) is 7.20. The minimum absolute atomic E-state index is 0.222. The normalized spacial score (nSPS) is 18.6. The largest absolute Gasteiger partial charge is 0.444 e. The van der Waals surface area contributed by atoms with Gasteiger partial charge in [-0.15, -0.1) is 0 Å². The van der Waals surface area contributed by atoms with Crippen molar-refractivity contribution in [2.24, 2.45) is 0 Å². The molecule has 0 atom stereocenters. The summed E-state index contributed by atoms with van der Waals surface area (Å²) < 4.78 is 10.9. The van der Waals surface area contributed by atoms with E-state index in [2.05, 4.69) is 23.1 Å². The van der Waals surface area contributed by atoms with E-state index in [4.69, 9.17) is 9.47 Å². The Morgan fingerprint density at radius 3 is 2.57 bits per heavy atom. The SMILES string of the molecule is CC(C)(C)OC(=O)N1CCc2ccc(N3CCOCC3)cc2C1. The molecule has 1 aromatic rings. The van der Waals surface area contributed by atoms with Crippen LogP contribution in [0.15, 0.2) is 18.2 Å². The van der Waals surface area contributed by atoms with Crippen molar-refractivity contribution in [3.63, 3.8) is 0 Å². The maximum atomic E-state index is 12.3. The zero-order chi connectivity index (χ0) is 16.4. The van der Waals surface area contributed by atoms with Gasteiger partial charge in [0.1, 0.15) is 5.60 Å². The molecule has 2 aliphatic heterocycles. The van der Waals surface area contributed by atoms with Crippen LogP contribution in [0.25, 0.3) is 0 Å². The number of carbonyl (C=O) groups is 1. The van der Waals surface area contributed by atoms with Gasteiger partial charge in [-0.1, -0.05) is 6.07 Å². The number of ether oxygens (including phenoxy) is 2. The molecule has 0 unspecified atom stereocenters. The first-order chi connectivity index (χ1) is 10.9. The van der Waals surface area contributed by atoms with Crippen LogP contribution in [0.3, 0.4) is 0 Å². The molecule has 5 nitrogen and oxygen atoms in total. The van der Waals surface area contributed by atoms with Gasteiger partial charge in [0.05, 0.1) is 13.2 Å². The van der Waals surface area contributed by atoms with Crippen LogP contribution in [-0.2, 0) is 22.4 Å². The van der Waals surface area contributed by atoms with Gasteiger partial charge in [-0.25, -0.2) is 4.79 Å². The Kier molecular flexibility index (Phi) is 4.48. The predicted octanol–water partition coefficient (Wildman–Crippen LogP) is 2.82. The Hall–Kier alpha value is -1.75. The average molecular weight is 318 g/mol. The van der Waals surface area contributed by atoms with Gasteiger partial charge in [0.15, 0.2) is 0 Å². The Labute approximate surface area is 138 Å². The topological polar surface area (TPSA) is 42.0 Å². The third kappa shape index (κ3) is 3.96. The molecule has 5 heteroatoms. The standard InChI is InChI=1S/C18H26N2O3/c1-18(2,3)23-17(21)20-7-6-14-4-5-16(12-15(14)13-20)19-8-10-22-11-9-19/h4-5,12H,6-11,13H2,1-3H3. The summed E-state index contributed by atoms with van der Waals surface area (Å²) in [6.45, 7) is 10.5. The van der Waals surface area contributed by atoms with Crippen molar-refractivity contribution in [1.29, 1.82) is 0 Å². The molecular formula is C18H26N2O3. The van der Waals surface area contributed by atoms with Gasteiger partial charge >= 0.3 is 6.09 Å². The first-order valence-corrected chi connectivity index (χ1v) is 8.35. The summed E-state index contributed by atoms with van der Waals surface area (Å²) in [5, 5.41) is 0. The zero-order valence-corrected chi connectivity index (χ0v) is 14.3. The lowest BCUT2D eigenvalue weighted by Gasteiger charge is -2.33. The van der Waals surface area contributed by atoms with Crippen molar-refractivity contribution in [1.82, 2.24) is 4.90 Å². The van der Waals surface area contributed by atoms with Crippen LogP contribution in [0.2, 0.25) is 0 Å². The second-order valence-electron chi connectivity index (χ2n) is 7.20. The number of nitrogens with zero attached hydrogens (tertiary/aromatic N) is 2. The highest BCUT2D eigenvalue weighted by atomic mass is 16.6. The van der Waals surface area contributed by atoms with E-state index in [1.165, 1.54) is 16.8 Å². The summed E-state index contributed by atoms with van der Waals surface area (Å²) in [7, 11) is 0. The lowest BCUT2D eigenvalue weighted by atomic mass is 9.99. The molecule has 0 spiro atoms. The van der Waals surface area contributed by atoms with Crippen molar-refractivity contribution in [2.45, 2.75) is 39.3 Å². The van der Waals surface area contributed by atoms with Gasteiger partial charge in [0, 0.05) is 31.9 Å². The van der Waals surface area contributed by atoms with Crippen molar-refractivity contribution in [2.75, 3.05) is 37.7 Å². The Morgan fingerprint density at radius 1 is 1.13 bits per heavy atom. The number of hydrogen-bond acceptors (Lipinski definition) is 4.